The fourth-order valence-electron chi connectivity index (χ4n) is 2.67. The molecule has 3 rings (SSSR count). The van der Waals surface area contributed by atoms with E-state index >= 15 is 0 Å². The second kappa shape index (κ2) is 7.80. The molecule has 8 nitrogen and oxygen atoms in total. The topological polar surface area (TPSA) is 87.9 Å². The molecule has 1 saturated heterocycles. The van der Waals surface area contributed by atoms with Crippen LogP contribution >= 0.6 is 0 Å². The number of anilines is 2. The van der Waals surface area contributed by atoms with Crippen LogP contribution in [0.3, 0.4) is 0 Å². The Morgan fingerprint density at radius 2 is 2.04 bits per heavy atom. The summed E-state index contributed by atoms with van der Waals surface area (Å²) in [6, 6.07) is 7.04. The number of nitrogens with one attached hydrogen (secondary N) is 1. The number of rotatable bonds is 5. The zero-order chi connectivity index (χ0) is 17.6. The summed E-state index contributed by atoms with van der Waals surface area (Å²) >= 11 is 0. The molecular weight excluding hydrogens is 324 g/mol. The van der Waals surface area contributed by atoms with Crippen LogP contribution in [-0.4, -0.2) is 61.6 Å². The van der Waals surface area contributed by atoms with Crippen molar-refractivity contribution in [3.05, 3.63) is 42.5 Å². The van der Waals surface area contributed by atoms with E-state index in [2.05, 4.69) is 15.2 Å². The van der Waals surface area contributed by atoms with Crippen LogP contribution in [0.5, 0.6) is 0 Å². The van der Waals surface area contributed by atoms with Crippen molar-refractivity contribution in [2.24, 2.45) is 0 Å². The van der Waals surface area contributed by atoms with Gasteiger partial charge in [-0.15, -0.1) is 0 Å². The van der Waals surface area contributed by atoms with E-state index in [0.717, 1.165) is 5.82 Å². The monoisotopic (exact) mass is 344 g/mol. The highest BCUT2D eigenvalue weighted by molar-refractivity contribution is 5.92. The zero-order valence-electron chi connectivity index (χ0n) is 14.0. The molecule has 1 aliphatic rings. The number of carbonyl (C=O) groups excluding carboxylic acids is 2. The standard InChI is InChI=1S/C17H20N4O4/c1-24-12-16(22)19-13-4-5-15(18-11-13)20-6-8-21(9-7-20)17(23)14-3-2-10-25-14/h2-5,10-11H,6-9,12H2,1H3,(H,19,22). The van der Waals surface area contributed by atoms with E-state index in [0.29, 0.717) is 37.6 Å². The van der Waals surface area contributed by atoms with Crippen molar-refractivity contribution in [3.8, 4) is 0 Å². The maximum Gasteiger partial charge on any atom is 0.289 e. The van der Waals surface area contributed by atoms with Crippen molar-refractivity contribution in [2.45, 2.75) is 0 Å². The number of aromatic nitrogens is 1. The molecule has 1 fully saturated rings. The first-order chi connectivity index (χ1) is 12.2. The molecule has 0 aromatic carbocycles. The van der Waals surface area contributed by atoms with E-state index in [4.69, 9.17) is 9.15 Å². The highest BCUT2D eigenvalue weighted by Crippen LogP contribution is 2.17. The molecule has 1 N–H and O–H groups in total. The Labute approximate surface area is 145 Å². The van der Waals surface area contributed by atoms with Crippen LogP contribution in [0.2, 0.25) is 0 Å². The largest absolute Gasteiger partial charge is 0.459 e. The minimum absolute atomic E-state index is 0.00735. The Morgan fingerprint density at radius 3 is 2.64 bits per heavy atom. The SMILES string of the molecule is COCC(=O)Nc1ccc(N2CCN(C(=O)c3ccco3)CC2)nc1. The molecule has 0 bridgehead atoms. The van der Waals surface area contributed by atoms with Crippen molar-refractivity contribution in [1.29, 1.82) is 0 Å². The number of piperazine rings is 1. The van der Waals surface area contributed by atoms with Crippen molar-refractivity contribution in [3.63, 3.8) is 0 Å². The van der Waals surface area contributed by atoms with Gasteiger partial charge in [0.25, 0.3) is 5.91 Å². The van der Waals surface area contributed by atoms with Crippen molar-refractivity contribution in [1.82, 2.24) is 9.88 Å². The quantitative estimate of drug-likeness (QED) is 0.877. The van der Waals surface area contributed by atoms with Gasteiger partial charge in [0.1, 0.15) is 12.4 Å². The molecule has 2 aromatic rings. The Balaban J connectivity index is 1.54. The number of ether oxygens (including phenoxy) is 1. The van der Waals surface area contributed by atoms with Crippen LogP contribution in [0.1, 0.15) is 10.6 Å². The van der Waals surface area contributed by atoms with Gasteiger partial charge in [-0.3, -0.25) is 9.59 Å². The van der Waals surface area contributed by atoms with Crippen LogP contribution in [0.4, 0.5) is 11.5 Å². The first-order valence-electron chi connectivity index (χ1n) is 8.00. The Bertz CT molecular complexity index is 707. The number of amides is 2. The average Bonchev–Trinajstić information content (AvgIpc) is 3.17. The van der Waals surface area contributed by atoms with E-state index in [1.165, 1.54) is 13.4 Å². The molecule has 0 saturated carbocycles. The smallest absolute Gasteiger partial charge is 0.289 e. The maximum absolute atomic E-state index is 12.3. The predicted octanol–water partition coefficient (Wildman–Crippen LogP) is 1.22. The molecule has 25 heavy (non-hydrogen) atoms. The highest BCUT2D eigenvalue weighted by Gasteiger charge is 2.24. The lowest BCUT2D eigenvalue weighted by Gasteiger charge is -2.35. The number of hydrogen-bond acceptors (Lipinski definition) is 6. The van der Waals surface area contributed by atoms with Gasteiger partial charge in [-0.2, -0.15) is 0 Å². The molecule has 0 unspecified atom stereocenters. The predicted molar refractivity (Wildman–Crippen MR) is 91.6 cm³/mol. The molecule has 2 aromatic heterocycles. The van der Waals surface area contributed by atoms with Crippen LogP contribution in [0, 0.1) is 0 Å². The summed E-state index contributed by atoms with van der Waals surface area (Å²) in [4.78, 5) is 32.0. The number of nitrogens with zero attached hydrogens (tertiary/aromatic N) is 3. The molecular formula is C17H20N4O4. The number of methoxy groups -OCH3 is 1. The zero-order valence-corrected chi connectivity index (χ0v) is 14.0. The number of hydrogen-bond donors (Lipinski definition) is 1. The molecule has 0 aliphatic carbocycles. The Kier molecular flexibility index (Phi) is 5.30. The second-order valence-electron chi connectivity index (χ2n) is 5.64. The van der Waals surface area contributed by atoms with Crippen LogP contribution in [0.25, 0.3) is 0 Å². The first-order valence-corrected chi connectivity index (χ1v) is 8.00. The van der Waals surface area contributed by atoms with Gasteiger partial charge in [0.05, 0.1) is 18.1 Å². The normalized spacial score (nSPS) is 14.4. The molecule has 8 heteroatoms. The van der Waals surface area contributed by atoms with E-state index in [-0.39, 0.29) is 18.4 Å². The van der Waals surface area contributed by atoms with Gasteiger partial charge in [-0.1, -0.05) is 0 Å². The summed E-state index contributed by atoms with van der Waals surface area (Å²) in [5.41, 5.74) is 0.623. The van der Waals surface area contributed by atoms with Gasteiger partial charge in [0.15, 0.2) is 5.76 Å². The lowest BCUT2D eigenvalue weighted by molar-refractivity contribution is -0.119. The minimum Gasteiger partial charge on any atom is -0.459 e. The van der Waals surface area contributed by atoms with E-state index < -0.39 is 0 Å². The van der Waals surface area contributed by atoms with Gasteiger partial charge in [0, 0.05) is 33.3 Å². The minimum atomic E-state index is -0.220. The van der Waals surface area contributed by atoms with Crippen LogP contribution < -0.4 is 10.2 Å². The summed E-state index contributed by atoms with van der Waals surface area (Å²) in [7, 11) is 1.47. The molecule has 3 heterocycles. The molecule has 0 atom stereocenters. The highest BCUT2D eigenvalue weighted by atomic mass is 16.5. The lowest BCUT2D eigenvalue weighted by atomic mass is 10.2. The van der Waals surface area contributed by atoms with Gasteiger partial charge in [-0.05, 0) is 24.3 Å². The van der Waals surface area contributed by atoms with Crippen molar-refractivity contribution in [2.75, 3.05) is 50.1 Å². The van der Waals surface area contributed by atoms with Crippen molar-refractivity contribution < 1.29 is 18.7 Å². The number of pyridine rings is 1. The van der Waals surface area contributed by atoms with Gasteiger partial charge in [0.2, 0.25) is 5.91 Å². The van der Waals surface area contributed by atoms with Gasteiger partial charge >= 0.3 is 0 Å². The third kappa shape index (κ3) is 4.16. The summed E-state index contributed by atoms with van der Waals surface area (Å²) in [6.07, 6.45) is 3.11. The Morgan fingerprint density at radius 1 is 1.24 bits per heavy atom. The number of furan rings is 1. The lowest BCUT2D eigenvalue weighted by Crippen LogP contribution is -2.49. The average molecular weight is 344 g/mol. The summed E-state index contributed by atoms with van der Waals surface area (Å²) in [5, 5.41) is 2.70. The maximum atomic E-state index is 12.3. The van der Waals surface area contributed by atoms with E-state index in [1.54, 1.807) is 29.3 Å². The van der Waals surface area contributed by atoms with E-state index in [9.17, 15) is 9.59 Å². The molecule has 0 spiro atoms. The molecule has 132 valence electrons. The first kappa shape index (κ1) is 17.0. The fraction of sp³-hybridized carbons (Fsp3) is 0.353. The second-order valence-corrected chi connectivity index (χ2v) is 5.64. The van der Waals surface area contributed by atoms with E-state index in [1.807, 2.05) is 6.07 Å². The molecule has 1 aliphatic heterocycles. The fourth-order valence-corrected chi connectivity index (χ4v) is 2.67. The van der Waals surface area contributed by atoms with Crippen LogP contribution in [-0.2, 0) is 9.53 Å². The summed E-state index contributed by atoms with van der Waals surface area (Å²) < 4.78 is 9.93. The van der Waals surface area contributed by atoms with Crippen molar-refractivity contribution >= 4 is 23.3 Å². The Hall–Kier alpha value is -2.87. The molecule has 2 amide bonds. The van der Waals surface area contributed by atoms with Crippen LogP contribution in [0.15, 0.2) is 41.1 Å². The number of carbonyl (C=O) groups is 2. The molecule has 0 radical (unpaired) electrons. The third-order valence-electron chi connectivity index (χ3n) is 3.93. The van der Waals surface area contributed by atoms with Gasteiger partial charge in [-0.25, -0.2) is 4.98 Å². The third-order valence-corrected chi connectivity index (χ3v) is 3.93. The summed E-state index contributed by atoms with van der Waals surface area (Å²) in [6.45, 7) is 2.60. The van der Waals surface area contributed by atoms with Gasteiger partial charge < -0.3 is 24.3 Å². The summed E-state index contributed by atoms with van der Waals surface area (Å²) in [5.74, 6) is 0.869.